The van der Waals surface area contributed by atoms with Crippen molar-refractivity contribution >= 4 is 0 Å². The lowest BCUT2D eigenvalue weighted by molar-refractivity contribution is 0.581. The topological polar surface area (TPSA) is 30.7 Å². The summed E-state index contributed by atoms with van der Waals surface area (Å²) in [4.78, 5) is 3.49. The third-order valence-electron chi connectivity index (χ3n) is 1.96. The second-order valence-electron chi connectivity index (χ2n) is 3.18. The van der Waals surface area contributed by atoms with Gasteiger partial charge in [0.2, 0.25) is 5.95 Å². The van der Waals surface area contributed by atoms with Gasteiger partial charge < -0.3 is 0 Å². The summed E-state index contributed by atoms with van der Waals surface area (Å²) >= 11 is 0. The van der Waals surface area contributed by atoms with Gasteiger partial charge in [0.1, 0.15) is 0 Å². The Morgan fingerprint density at radius 3 is 2.64 bits per heavy atom. The van der Waals surface area contributed by atoms with Crippen molar-refractivity contribution in [1.82, 2.24) is 14.8 Å². The maximum atomic E-state index is 12.8. The predicted molar refractivity (Wildman–Crippen MR) is 50.8 cm³/mol. The van der Waals surface area contributed by atoms with Gasteiger partial charge in [-0.3, -0.25) is 0 Å². The summed E-state index contributed by atoms with van der Waals surface area (Å²) in [6.07, 6.45) is 1.43. The normalized spacial score (nSPS) is 10.5. The molecule has 0 saturated heterocycles. The summed E-state index contributed by atoms with van der Waals surface area (Å²) < 4.78 is 14.5. The largest absolute Gasteiger partial charge is 0.238 e. The number of halogens is 1. The molecule has 2 aromatic rings. The van der Waals surface area contributed by atoms with Gasteiger partial charge in [-0.15, -0.1) is 0 Å². The lowest BCUT2D eigenvalue weighted by Crippen LogP contribution is -1.99. The number of aryl methyl sites for hydroxylation is 2. The van der Waals surface area contributed by atoms with E-state index >= 15 is 0 Å². The van der Waals surface area contributed by atoms with Crippen LogP contribution in [-0.4, -0.2) is 14.8 Å². The molecule has 0 N–H and O–H groups in total. The Bertz CT molecular complexity index is 462. The molecule has 14 heavy (non-hydrogen) atoms. The van der Waals surface area contributed by atoms with Crippen LogP contribution in [0, 0.1) is 19.8 Å². The number of rotatable bonds is 1. The van der Waals surface area contributed by atoms with Crippen LogP contribution in [0.15, 0.2) is 24.4 Å². The lowest BCUT2D eigenvalue weighted by atomic mass is 10.3. The smallest absolute Gasteiger partial charge is 0.214 e. The van der Waals surface area contributed by atoms with Crippen molar-refractivity contribution in [3.05, 3.63) is 41.7 Å². The van der Waals surface area contributed by atoms with E-state index in [9.17, 15) is 4.39 Å². The van der Waals surface area contributed by atoms with Crippen molar-refractivity contribution in [2.45, 2.75) is 13.8 Å². The second-order valence-corrected chi connectivity index (χ2v) is 3.18. The average molecular weight is 191 g/mol. The monoisotopic (exact) mass is 191 g/mol. The zero-order chi connectivity index (χ0) is 10.1. The van der Waals surface area contributed by atoms with Crippen LogP contribution in [-0.2, 0) is 0 Å². The van der Waals surface area contributed by atoms with Crippen LogP contribution in [0.4, 0.5) is 4.39 Å². The first-order valence-corrected chi connectivity index (χ1v) is 4.32. The Morgan fingerprint density at radius 1 is 1.29 bits per heavy atom. The summed E-state index contributed by atoms with van der Waals surface area (Å²) in [5, 5.41) is 4.24. The van der Waals surface area contributed by atoms with Crippen LogP contribution in [0.25, 0.3) is 5.69 Å². The zero-order valence-corrected chi connectivity index (χ0v) is 8.03. The highest BCUT2D eigenvalue weighted by molar-refractivity contribution is 5.31. The van der Waals surface area contributed by atoms with Crippen LogP contribution in [0.5, 0.6) is 0 Å². The average Bonchev–Trinajstić information content (AvgIpc) is 2.45. The molecule has 0 fully saturated rings. The highest BCUT2D eigenvalue weighted by Gasteiger charge is 2.04. The molecule has 2 heterocycles. The Morgan fingerprint density at radius 2 is 2.07 bits per heavy atom. The van der Waals surface area contributed by atoms with Gasteiger partial charge in [-0.25, -0.2) is 9.67 Å². The van der Waals surface area contributed by atoms with Gasteiger partial charge in [-0.05, 0) is 26.0 Å². The van der Waals surface area contributed by atoms with Crippen molar-refractivity contribution in [2.24, 2.45) is 0 Å². The van der Waals surface area contributed by atoms with E-state index in [1.165, 1.54) is 12.3 Å². The van der Waals surface area contributed by atoms with E-state index in [0.717, 1.165) is 11.4 Å². The van der Waals surface area contributed by atoms with E-state index in [-0.39, 0.29) is 0 Å². The summed E-state index contributed by atoms with van der Waals surface area (Å²) in [5.74, 6) is -0.491. The molecular weight excluding hydrogens is 181 g/mol. The first kappa shape index (κ1) is 8.87. The van der Waals surface area contributed by atoms with Gasteiger partial charge in [-0.2, -0.15) is 9.49 Å². The van der Waals surface area contributed by atoms with Gasteiger partial charge >= 0.3 is 0 Å². The molecular formula is C10H10FN3. The van der Waals surface area contributed by atoms with Crippen molar-refractivity contribution < 1.29 is 4.39 Å². The quantitative estimate of drug-likeness (QED) is 0.645. The predicted octanol–water partition coefficient (Wildman–Crippen LogP) is 2.02. The van der Waals surface area contributed by atoms with Gasteiger partial charge in [-0.1, -0.05) is 0 Å². The molecule has 0 amide bonds. The summed E-state index contributed by atoms with van der Waals surface area (Å²) in [6, 6.07) is 5.03. The number of aromatic nitrogens is 3. The molecule has 0 unspecified atom stereocenters. The third kappa shape index (κ3) is 1.51. The van der Waals surface area contributed by atoms with Crippen molar-refractivity contribution in [3.63, 3.8) is 0 Å². The molecule has 72 valence electrons. The molecule has 0 radical (unpaired) electrons. The van der Waals surface area contributed by atoms with E-state index in [1.54, 1.807) is 10.7 Å². The van der Waals surface area contributed by atoms with Gasteiger partial charge in [0.05, 0.1) is 11.4 Å². The first-order chi connectivity index (χ1) is 6.66. The molecule has 2 rings (SSSR count). The minimum absolute atomic E-state index is 0.491. The molecule has 0 aliphatic carbocycles. The van der Waals surface area contributed by atoms with E-state index in [0.29, 0.717) is 5.69 Å². The van der Waals surface area contributed by atoms with Crippen LogP contribution in [0.3, 0.4) is 0 Å². The fourth-order valence-corrected chi connectivity index (χ4v) is 1.41. The lowest BCUT2D eigenvalue weighted by Gasteiger charge is -2.02. The minimum Gasteiger partial charge on any atom is -0.238 e. The highest BCUT2D eigenvalue weighted by atomic mass is 19.1. The summed E-state index contributed by atoms with van der Waals surface area (Å²) in [6.45, 7) is 3.83. The molecule has 0 aliphatic heterocycles. The van der Waals surface area contributed by atoms with Crippen LogP contribution in [0.1, 0.15) is 11.4 Å². The van der Waals surface area contributed by atoms with Crippen molar-refractivity contribution in [3.8, 4) is 5.69 Å². The molecule has 0 aliphatic rings. The minimum atomic E-state index is -0.491. The Balaban J connectivity index is 2.54. The van der Waals surface area contributed by atoms with Crippen LogP contribution in [0.2, 0.25) is 0 Å². The molecule has 4 heteroatoms. The number of nitrogens with zero attached hydrogens (tertiary/aromatic N) is 3. The first-order valence-electron chi connectivity index (χ1n) is 4.32. The molecule has 2 aromatic heterocycles. The molecule has 0 atom stereocenters. The van der Waals surface area contributed by atoms with Gasteiger partial charge in [0.15, 0.2) is 0 Å². The Hall–Kier alpha value is -1.71. The fourth-order valence-electron chi connectivity index (χ4n) is 1.41. The van der Waals surface area contributed by atoms with E-state index < -0.39 is 5.95 Å². The Labute approximate surface area is 81.2 Å². The second kappa shape index (κ2) is 3.21. The van der Waals surface area contributed by atoms with Crippen LogP contribution < -0.4 is 0 Å². The molecule has 0 saturated carbocycles. The third-order valence-corrected chi connectivity index (χ3v) is 1.96. The highest BCUT2D eigenvalue weighted by Crippen LogP contribution is 2.11. The Kier molecular flexibility index (Phi) is 2.04. The van der Waals surface area contributed by atoms with Crippen molar-refractivity contribution in [1.29, 1.82) is 0 Å². The fraction of sp³-hybridized carbons (Fsp3) is 0.200. The summed E-state index contributed by atoms with van der Waals surface area (Å²) in [7, 11) is 0. The molecule has 0 spiro atoms. The van der Waals surface area contributed by atoms with Crippen LogP contribution >= 0.6 is 0 Å². The van der Waals surface area contributed by atoms with E-state index in [1.807, 2.05) is 19.9 Å². The number of pyridine rings is 1. The molecule has 3 nitrogen and oxygen atoms in total. The maximum Gasteiger partial charge on any atom is 0.214 e. The number of hydrogen-bond acceptors (Lipinski definition) is 2. The van der Waals surface area contributed by atoms with Gasteiger partial charge in [0, 0.05) is 18.0 Å². The van der Waals surface area contributed by atoms with Crippen molar-refractivity contribution in [2.75, 3.05) is 0 Å². The standard InChI is InChI=1S/C10H10FN3/c1-7-5-8(2)14(13-7)9-3-4-12-10(11)6-9/h3-6H,1-2H3. The molecule has 0 bridgehead atoms. The van der Waals surface area contributed by atoms with E-state index in [4.69, 9.17) is 0 Å². The molecule has 0 aromatic carbocycles. The van der Waals surface area contributed by atoms with E-state index in [2.05, 4.69) is 10.1 Å². The maximum absolute atomic E-state index is 12.8. The number of hydrogen-bond donors (Lipinski definition) is 0. The SMILES string of the molecule is Cc1cc(C)n(-c2ccnc(F)c2)n1. The van der Waals surface area contributed by atoms with Gasteiger partial charge in [0.25, 0.3) is 0 Å². The zero-order valence-electron chi connectivity index (χ0n) is 8.03. The summed E-state index contributed by atoms with van der Waals surface area (Å²) in [5.41, 5.74) is 2.59.